The van der Waals surface area contributed by atoms with E-state index >= 15 is 0 Å². The van der Waals surface area contributed by atoms with Crippen molar-refractivity contribution in [1.82, 2.24) is 4.98 Å². The van der Waals surface area contributed by atoms with Crippen LogP contribution in [0, 0.1) is 0 Å². The molecule has 1 heterocycles. The Balaban J connectivity index is 1.76. The number of rotatable bonds is 7. The van der Waals surface area contributed by atoms with Crippen molar-refractivity contribution >= 4 is 15.5 Å². The molecule has 4 aromatic rings. The first-order valence-electron chi connectivity index (χ1n) is 10.5. The van der Waals surface area contributed by atoms with E-state index in [1.807, 2.05) is 54.6 Å². The van der Waals surface area contributed by atoms with E-state index in [4.69, 9.17) is 0 Å². The first kappa shape index (κ1) is 22.4. The van der Waals surface area contributed by atoms with Crippen molar-refractivity contribution in [3.63, 3.8) is 0 Å². The molecule has 0 amide bonds. The summed E-state index contributed by atoms with van der Waals surface area (Å²) in [6.07, 6.45) is 5.04. The lowest BCUT2D eigenvalue weighted by atomic mass is 9.84. The van der Waals surface area contributed by atoms with Crippen LogP contribution in [0.2, 0.25) is 0 Å². The first-order chi connectivity index (χ1) is 16.0. The molecule has 1 N–H and O–H groups in total. The van der Waals surface area contributed by atoms with Crippen LogP contribution in [0.4, 0.5) is 0 Å². The molecule has 5 nitrogen and oxygen atoms in total. The van der Waals surface area contributed by atoms with Crippen LogP contribution < -0.4 is 0 Å². The van der Waals surface area contributed by atoms with Gasteiger partial charge in [0.25, 0.3) is 0 Å². The maximum Gasteiger partial charge on any atom is 0.175 e. The van der Waals surface area contributed by atoms with Crippen molar-refractivity contribution in [3.8, 4) is 11.1 Å². The van der Waals surface area contributed by atoms with Crippen LogP contribution in [-0.4, -0.2) is 30.6 Å². The zero-order chi connectivity index (χ0) is 23.3. The molecular weight excluding hydrogens is 432 g/mol. The van der Waals surface area contributed by atoms with E-state index in [-0.39, 0.29) is 10.8 Å². The average molecular weight is 457 g/mol. The van der Waals surface area contributed by atoms with Crippen molar-refractivity contribution in [1.29, 1.82) is 0 Å². The summed E-state index contributed by atoms with van der Waals surface area (Å²) in [5.41, 5.74) is 5.26. The van der Waals surface area contributed by atoms with Crippen molar-refractivity contribution < 1.29 is 13.6 Å². The number of sulfone groups is 1. The van der Waals surface area contributed by atoms with Crippen molar-refractivity contribution in [3.05, 3.63) is 120 Å². The highest BCUT2D eigenvalue weighted by molar-refractivity contribution is 7.90. The summed E-state index contributed by atoms with van der Waals surface area (Å²) in [5, 5.41) is 13.4. The second kappa shape index (κ2) is 9.79. The highest BCUT2D eigenvalue weighted by atomic mass is 32.2. The molecule has 0 aliphatic carbocycles. The van der Waals surface area contributed by atoms with Gasteiger partial charge in [0, 0.05) is 36.6 Å². The van der Waals surface area contributed by atoms with E-state index in [0.29, 0.717) is 12.1 Å². The Kier molecular flexibility index (Phi) is 6.66. The Morgan fingerprint density at radius 3 is 2.15 bits per heavy atom. The average Bonchev–Trinajstić information content (AvgIpc) is 2.85. The van der Waals surface area contributed by atoms with Gasteiger partial charge in [-0.1, -0.05) is 71.9 Å². The van der Waals surface area contributed by atoms with Gasteiger partial charge in [-0.05, 0) is 46.5 Å². The third-order valence-corrected chi connectivity index (χ3v) is 6.73. The molecule has 6 heteroatoms. The molecular formula is C27H24N2O3S. The number of nitrogens with zero attached hydrogens (tertiary/aromatic N) is 2. The molecule has 0 saturated carbocycles. The Hall–Kier alpha value is -3.77. The predicted octanol–water partition coefficient (Wildman–Crippen LogP) is 5.55. The van der Waals surface area contributed by atoms with Crippen LogP contribution in [0.15, 0.2) is 113 Å². The third kappa shape index (κ3) is 5.35. The fraction of sp³-hybridized carbons (Fsp3) is 0.111. The van der Waals surface area contributed by atoms with E-state index in [1.165, 1.54) is 6.26 Å². The van der Waals surface area contributed by atoms with Crippen LogP contribution in [0.3, 0.4) is 0 Å². The van der Waals surface area contributed by atoms with E-state index < -0.39 is 9.84 Å². The molecule has 166 valence electrons. The summed E-state index contributed by atoms with van der Waals surface area (Å²) >= 11 is 0. The number of aromatic nitrogens is 1. The lowest BCUT2D eigenvalue weighted by molar-refractivity contribution is 0.317. The zero-order valence-corrected chi connectivity index (χ0v) is 19.0. The molecule has 1 unspecified atom stereocenters. The molecule has 0 saturated heterocycles. The number of hydrogen-bond acceptors (Lipinski definition) is 5. The third-order valence-electron chi connectivity index (χ3n) is 5.62. The molecule has 33 heavy (non-hydrogen) atoms. The second-order valence-electron chi connectivity index (χ2n) is 7.88. The predicted molar refractivity (Wildman–Crippen MR) is 130 cm³/mol. The van der Waals surface area contributed by atoms with Crippen molar-refractivity contribution in [2.75, 3.05) is 6.26 Å². The smallest absolute Gasteiger partial charge is 0.175 e. The molecule has 0 aliphatic rings. The molecule has 3 aromatic carbocycles. The molecule has 0 aliphatic heterocycles. The first-order valence-corrected chi connectivity index (χ1v) is 12.4. The fourth-order valence-electron chi connectivity index (χ4n) is 3.91. The van der Waals surface area contributed by atoms with Gasteiger partial charge in [-0.15, -0.1) is 0 Å². The van der Waals surface area contributed by atoms with E-state index in [0.717, 1.165) is 27.8 Å². The summed E-state index contributed by atoms with van der Waals surface area (Å²) < 4.78 is 24.0. The van der Waals surface area contributed by atoms with E-state index in [9.17, 15) is 13.6 Å². The maximum absolute atomic E-state index is 12.0. The number of oxime groups is 1. The quantitative estimate of drug-likeness (QED) is 0.225. The fourth-order valence-corrected chi connectivity index (χ4v) is 4.58. The summed E-state index contributed by atoms with van der Waals surface area (Å²) in [6.45, 7) is 0. The van der Waals surface area contributed by atoms with Gasteiger partial charge in [0.2, 0.25) is 0 Å². The van der Waals surface area contributed by atoms with Gasteiger partial charge in [-0.3, -0.25) is 4.98 Å². The highest BCUT2D eigenvalue weighted by Gasteiger charge is 2.19. The van der Waals surface area contributed by atoms with E-state index in [2.05, 4.69) is 28.3 Å². The molecule has 0 spiro atoms. The zero-order valence-electron chi connectivity index (χ0n) is 18.2. The SMILES string of the molecule is CS(=O)(=O)c1cccc(-c2cccc(C(C/C(=N/O)c3ccncc3)c3ccccc3)c2)c1. The molecule has 4 rings (SSSR count). The van der Waals surface area contributed by atoms with Crippen molar-refractivity contribution in [2.45, 2.75) is 17.2 Å². The van der Waals surface area contributed by atoms with Gasteiger partial charge in [0.05, 0.1) is 10.6 Å². The standard InChI is InChI=1S/C27H24N2O3S/c1-33(31,32)25-12-6-10-23(18-25)22-9-5-11-24(17-22)26(20-7-3-2-4-8-20)19-27(29-30)21-13-15-28-16-14-21/h2-18,26,30H,19H2,1H3/b29-27-. The van der Waals surface area contributed by atoms with Gasteiger partial charge in [0.15, 0.2) is 9.84 Å². The lowest BCUT2D eigenvalue weighted by Crippen LogP contribution is -2.10. The molecule has 0 radical (unpaired) electrons. The van der Waals surface area contributed by atoms with Gasteiger partial charge in [0.1, 0.15) is 0 Å². The van der Waals surface area contributed by atoms with Gasteiger partial charge >= 0.3 is 0 Å². The van der Waals surface area contributed by atoms with E-state index in [1.54, 1.807) is 30.6 Å². The second-order valence-corrected chi connectivity index (χ2v) is 9.89. The Labute approximate surface area is 194 Å². The minimum absolute atomic E-state index is 0.0664. The minimum Gasteiger partial charge on any atom is -0.411 e. The topological polar surface area (TPSA) is 79.6 Å². The molecule has 1 atom stereocenters. The molecule has 0 fully saturated rings. The van der Waals surface area contributed by atoms with Crippen LogP contribution >= 0.6 is 0 Å². The number of pyridine rings is 1. The molecule has 0 bridgehead atoms. The largest absolute Gasteiger partial charge is 0.411 e. The highest BCUT2D eigenvalue weighted by Crippen LogP contribution is 2.33. The Bertz CT molecular complexity index is 1370. The minimum atomic E-state index is -3.30. The number of hydrogen-bond donors (Lipinski definition) is 1. The van der Waals surface area contributed by atoms with Crippen LogP contribution in [0.25, 0.3) is 11.1 Å². The van der Waals surface area contributed by atoms with Crippen molar-refractivity contribution in [2.24, 2.45) is 5.16 Å². The summed E-state index contributed by atoms with van der Waals surface area (Å²) in [4.78, 5) is 4.34. The van der Waals surface area contributed by atoms with Gasteiger partial charge < -0.3 is 5.21 Å². The monoisotopic (exact) mass is 456 g/mol. The van der Waals surface area contributed by atoms with Crippen LogP contribution in [0.1, 0.15) is 29.0 Å². The summed E-state index contributed by atoms with van der Waals surface area (Å²) in [6, 6.07) is 28.7. The Morgan fingerprint density at radius 2 is 1.48 bits per heavy atom. The molecule has 1 aromatic heterocycles. The Morgan fingerprint density at radius 1 is 0.848 bits per heavy atom. The lowest BCUT2D eigenvalue weighted by Gasteiger charge is -2.20. The summed E-state index contributed by atoms with van der Waals surface area (Å²) in [5.74, 6) is -0.0664. The van der Waals surface area contributed by atoms with Gasteiger partial charge in [-0.2, -0.15) is 0 Å². The van der Waals surface area contributed by atoms with Crippen LogP contribution in [0.5, 0.6) is 0 Å². The maximum atomic E-state index is 12.0. The number of benzene rings is 3. The summed E-state index contributed by atoms with van der Waals surface area (Å²) in [7, 11) is -3.30. The van der Waals surface area contributed by atoms with Crippen LogP contribution in [-0.2, 0) is 9.84 Å². The van der Waals surface area contributed by atoms with Gasteiger partial charge in [-0.25, -0.2) is 8.42 Å². The normalized spacial score (nSPS) is 12.9.